The Kier molecular flexibility index (Phi) is 4.99. The Morgan fingerprint density at radius 1 is 0.380 bits per heavy atom. The van der Waals surface area contributed by atoms with E-state index in [1.807, 2.05) is 120 Å². The van der Waals surface area contributed by atoms with Crippen LogP contribution in [0.25, 0.3) is 89.2 Å². The molecule has 5 heteroatoms. The van der Waals surface area contributed by atoms with Gasteiger partial charge < -0.3 is 4.57 Å². The first-order valence-corrected chi connectivity index (χ1v) is 16.2. The Bertz CT molecular complexity index is 3240. The van der Waals surface area contributed by atoms with Gasteiger partial charge in [0.25, 0.3) is 0 Å². The van der Waals surface area contributed by atoms with Crippen LogP contribution >= 0.6 is 0 Å². The van der Waals surface area contributed by atoms with Crippen molar-refractivity contribution in [2.24, 2.45) is 0 Å². The molecule has 0 aliphatic carbocycles. The van der Waals surface area contributed by atoms with Gasteiger partial charge in [-0.3, -0.25) is 4.57 Å². The number of para-hydroxylation sites is 3. The van der Waals surface area contributed by atoms with Crippen molar-refractivity contribution >= 4 is 43.6 Å². The molecule has 3 heterocycles. The zero-order valence-corrected chi connectivity index (χ0v) is 26.4. The van der Waals surface area contributed by atoms with Crippen molar-refractivity contribution in [1.29, 1.82) is 0 Å². The van der Waals surface area contributed by atoms with Gasteiger partial charge in [-0.25, -0.2) is 4.98 Å². The number of hydrogen-bond donors (Lipinski definition) is 0. The van der Waals surface area contributed by atoms with Gasteiger partial charge >= 0.3 is 0 Å². The molecule has 0 unspecified atom stereocenters. The van der Waals surface area contributed by atoms with Crippen molar-refractivity contribution in [2.75, 3.05) is 0 Å². The largest absolute Gasteiger partial charge is 0.307 e. The van der Waals surface area contributed by atoms with Gasteiger partial charge in [0.05, 0.1) is 31.7 Å². The minimum absolute atomic E-state index is 0.0118. The molecule has 7 aromatic carbocycles. The molecule has 5 nitrogen and oxygen atoms in total. The van der Waals surface area contributed by atoms with E-state index < -0.39 is 0 Å². The van der Waals surface area contributed by atoms with Crippen LogP contribution in [0.4, 0.5) is 0 Å². The summed E-state index contributed by atoms with van der Waals surface area (Å²) in [5.41, 5.74) is 5.61. The van der Waals surface area contributed by atoms with E-state index in [9.17, 15) is 4.11 Å². The van der Waals surface area contributed by atoms with Crippen LogP contribution in [0.3, 0.4) is 0 Å². The predicted octanol–water partition coefficient (Wildman–Crippen LogP) is 11.1. The standard InChI is InChI=1S/C45H29N5/c1-4-14-30(15-5-1)31-24-26-33(27-25-31)44-46-43(32-16-6-2-7-17-32)47-45(48-44)50-40-23-13-11-21-36(40)38-29-28-37-35-20-10-12-22-39(35)49(41(37)42(38)50)34-18-8-3-9-19-34/h1-29H/i10D,11D,20D,21D,22D,23D,29D. The van der Waals surface area contributed by atoms with Crippen LogP contribution in [0, 0.1) is 0 Å². The summed E-state index contributed by atoms with van der Waals surface area (Å²) in [6, 6.07) is 40.5. The molecule has 0 spiro atoms. The Balaban J connectivity index is 1.40. The summed E-state index contributed by atoms with van der Waals surface area (Å²) in [6.07, 6.45) is 0. The molecule has 3 aromatic heterocycles. The van der Waals surface area contributed by atoms with Gasteiger partial charge in [0.2, 0.25) is 5.95 Å². The summed E-state index contributed by atoms with van der Waals surface area (Å²) in [7, 11) is 0. The highest BCUT2D eigenvalue weighted by Gasteiger charge is 2.23. The van der Waals surface area contributed by atoms with Crippen LogP contribution < -0.4 is 0 Å². The summed E-state index contributed by atoms with van der Waals surface area (Å²) in [5, 5.41) is 1.29. The summed E-state index contributed by atoms with van der Waals surface area (Å²) in [4.78, 5) is 15.1. The molecule has 0 amide bonds. The molecule has 50 heavy (non-hydrogen) atoms. The number of nitrogens with zero attached hydrogens (tertiary/aromatic N) is 5. The van der Waals surface area contributed by atoms with E-state index in [4.69, 9.17) is 20.4 Å². The number of benzene rings is 7. The maximum Gasteiger partial charge on any atom is 0.238 e. The third-order valence-electron chi connectivity index (χ3n) is 9.04. The van der Waals surface area contributed by atoms with E-state index in [1.165, 1.54) is 12.1 Å². The Morgan fingerprint density at radius 3 is 1.54 bits per heavy atom. The molecule has 0 radical (unpaired) electrons. The minimum atomic E-state index is -0.171. The molecule has 10 aromatic rings. The van der Waals surface area contributed by atoms with E-state index >= 15 is 0 Å². The van der Waals surface area contributed by atoms with E-state index in [2.05, 4.69) is 0 Å². The van der Waals surface area contributed by atoms with E-state index in [0.717, 1.165) is 16.7 Å². The smallest absolute Gasteiger partial charge is 0.238 e. The lowest BCUT2D eigenvalue weighted by atomic mass is 10.0. The van der Waals surface area contributed by atoms with E-state index in [0.29, 0.717) is 55.6 Å². The molecule has 10 rings (SSSR count). The third kappa shape index (κ3) is 4.45. The number of aromatic nitrogens is 5. The summed E-state index contributed by atoms with van der Waals surface area (Å²) in [5.74, 6) is 0.827. The minimum Gasteiger partial charge on any atom is -0.307 e. The first-order valence-electron chi connectivity index (χ1n) is 19.7. The topological polar surface area (TPSA) is 48.5 Å². The monoisotopic (exact) mass is 646 g/mol. The van der Waals surface area contributed by atoms with Gasteiger partial charge in [-0.05, 0) is 35.3 Å². The highest BCUT2D eigenvalue weighted by atomic mass is 15.2. The van der Waals surface area contributed by atoms with Gasteiger partial charge in [0.1, 0.15) is 0 Å². The van der Waals surface area contributed by atoms with Crippen LogP contribution in [0.1, 0.15) is 9.60 Å². The zero-order chi connectivity index (χ0) is 39.1. The van der Waals surface area contributed by atoms with Crippen molar-refractivity contribution in [3.63, 3.8) is 0 Å². The van der Waals surface area contributed by atoms with E-state index in [1.54, 1.807) is 10.6 Å². The van der Waals surface area contributed by atoms with Gasteiger partial charge in [-0.15, -0.1) is 0 Å². The van der Waals surface area contributed by atoms with Gasteiger partial charge in [-0.2, -0.15) is 9.97 Å². The highest BCUT2D eigenvalue weighted by molar-refractivity contribution is 6.23. The molecule has 0 atom stereocenters. The Hall–Kier alpha value is -6.85. The molecule has 0 N–H and O–H groups in total. The molecule has 0 saturated carbocycles. The molecule has 0 saturated heterocycles. The normalized spacial score (nSPS) is 13.6. The van der Waals surface area contributed by atoms with Crippen molar-refractivity contribution in [3.8, 4) is 45.5 Å². The molecule has 234 valence electrons. The fourth-order valence-electron chi connectivity index (χ4n) is 6.78. The summed E-state index contributed by atoms with van der Waals surface area (Å²) in [6.45, 7) is 0. The second-order valence-electron chi connectivity index (χ2n) is 11.9. The average Bonchev–Trinajstić information content (AvgIpc) is 3.78. The third-order valence-corrected chi connectivity index (χ3v) is 9.04. The average molecular weight is 647 g/mol. The molecule has 0 aliphatic rings. The molecule has 0 fully saturated rings. The number of rotatable bonds is 5. The molecular weight excluding hydrogens is 611 g/mol. The van der Waals surface area contributed by atoms with Crippen molar-refractivity contribution in [3.05, 3.63) is 176 Å². The van der Waals surface area contributed by atoms with Crippen LogP contribution in [-0.4, -0.2) is 24.1 Å². The van der Waals surface area contributed by atoms with Gasteiger partial charge in [0.15, 0.2) is 11.6 Å². The lowest BCUT2D eigenvalue weighted by Crippen LogP contribution is -2.07. The maximum atomic E-state index is 9.52. The quantitative estimate of drug-likeness (QED) is 0.187. The molecular formula is C45H29N5. The summed E-state index contributed by atoms with van der Waals surface area (Å²) < 4.78 is 67.1. The second kappa shape index (κ2) is 11.4. The highest BCUT2D eigenvalue weighted by Crippen LogP contribution is 2.41. The van der Waals surface area contributed by atoms with Crippen molar-refractivity contribution in [2.45, 2.75) is 0 Å². The van der Waals surface area contributed by atoms with Crippen LogP contribution in [-0.2, 0) is 0 Å². The predicted molar refractivity (Wildman–Crippen MR) is 205 cm³/mol. The Labute approximate surface area is 298 Å². The zero-order valence-electron chi connectivity index (χ0n) is 33.4. The van der Waals surface area contributed by atoms with Crippen LogP contribution in [0.15, 0.2) is 176 Å². The SMILES string of the molecule is [2H]c1cc([2H])c2c(c1[2H])c1cc([2H])c3c4c([2H])c([2H])cc([2H])c4n(-c4nc(-c5ccccc5)nc(-c5ccc(-c6ccccc6)cc5)n4)c3c1n2-c1ccccc1. The number of hydrogen-bond acceptors (Lipinski definition) is 3. The lowest BCUT2D eigenvalue weighted by Gasteiger charge is -2.13. The fraction of sp³-hybridized carbons (Fsp3) is 0. The summed E-state index contributed by atoms with van der Waals surface area (Å²) >= 11 is 0. The van der Waals surface area contributed by atoms with Crippen LogP contribution in [0.5, 0.6) is 0 Å². The van der Waals surface area contributed by atoms with Crippen LogP contribution in [0.2, 0.25) is 0 Å². The Morgan fingerprint density at radius 2 is 0.880 bits per heavy atom. The molecule has 0 bridgehead atoms. The van der Waals surface area contributed by atoms with Gasteiger partial charge in [-0.1, -0.05) is 152 Å². The maximum absolute atomic E-state index is 9.52. The number of fused-ring (bicyclic) bond motifs is 7. The second-order valence-corrected chi connectivity index (χ2v) is 11.9. The van der Waals surface area contributed by atoms with E-state index in [-0.39, 0.29) is 59.1 Å². The van der Waals surface area contributed by atoms with Gasteiger partial charge in [0, 0.05) is 38.4 Å². The molecule has 0 aliphatic heterocycles. The first kappa shape index (κ1) is 21.9. The van der Waals surface area contributed by atoms with Crippen molar-refractivity contribution < 1.29 is 9.60 Å². The first-order chi connectivity index (χ1) is 27.7. The fourth-order valence-corrected chi connectivity index (χ4v) is 6.78. The van der Waals surface area contributed by atoms with Crippen molar-refractivity contribution in [1.82, 2.24) is 24.1 Å². The lowest BCUT2D eigenvalue weighted by molar-refractivity contribution is 0.953.